The Morgan fingerprint density at radius 2 is 2.00 bits per heavy atom. The SMILES string of the molecule is COC1=C(OC)C2C(=O)NC(=O)C2(CC2CCCCN(CCCOc3ccc4c(c3)OCO4)C2)C=C1. The van der Waals surface area contributed by atoms with Crippen molar-refractivity contribution in [3.05, 3.63) is 41.9 Å². The van der Waals surface area contributed by atoms with Crippen molar-refractivity contribution in [2.75, 3.05) is 47.3 Å². The summed E-state index contributed by atoms with van der Waals surface area (Å²) >= 11 is 0. The van der Waals surface area contributed by atoms with Crippen molar-refractivity contribution < 1.29 is 33.3 Å². The van der Waals surface area contributed by atoms with Crippen molar-refractivity contribution in [2.45, 2.75) is 32.1 Å². The number of nitrogens with one attached hydrogen (secondary N) is 1. The van der Waals surface area contributed by atoms with Crippen molar-refractivity contribution >= 4 is 11.8 Å². The molecule has 1 N–H and O–H groups in total. The molecular weight excluding hydrogens is 464 g/mol. The number of hydrogen-bond acceptors (Lipinski definition) is 8. The maximum atomic E-state index is 13.1. The number of rotatable bonds is 9. The summed E-state index contributed by atoms with van der Waals surface area (Å²) in [6.45, 7) is 3.68. The number of amides is 2. The fourth-order valence-corrected chi connectivity index (χ4v) is 5.91. The molecule has 4 aliphatic rings. The summed E-state index contributed by atoms with van der Waals surface area (Å²) in [6.07, 6.45) is 8.36. The third-order valence-electron chi connectivity index (χ3n) is 7.62. The van der Waals surface area contributed by atoms with Crippen molar-refractivity contribution in [2.24, 2.45) is 17.3 Å². The normalized spacial score (nSPS) is 27.5. The van der Waals surface area contributed by atoms with Gasteiger partial charge in [0.1, 0.15) is 11.7 Å². The Hall–Kier alpha value is -3.20. The minimum Gasteiger partial charge on any atom is -0.496 e. The molecule has 0 bridgehead atoms. The van der Waals surface area contributed by atoms with E-state index in [1.807, 2.05) is 24.3 Å². The predicted molar refractivity (Wildman–Crippen MR) is 130 cm³/mol. The Kier molecular flexibility index (Phi) is 7.09. The van der Waals surface area contributed by atoms with Gasteiger partial charge in [0.2, 0.25) is 18.6 Å². The van der Waals surface area contributed by atoms with E-state index in [1.54, 1.807) is 13.2 Å². The molecule has 1 aromatic rings. The Labute approximate surface area is 211 Å². The standard InChI is InChI=1S/C27H34N2O7/c1-32-21-9-10-27(23(24(21)33-2)25(30)28-26(27)31)15-18-6-3-4-11-29(16-18)12-5-13-34-19-7-8-20-22(14-19)36-17-35-20/h7-10,14,18,23H,3-6,11-13,15-17H2,1-2H3,(H,28,30,31). The van der Waals surface area contributed by atoms with E-state index in [2.05, 4.69) is 10.2 Å². The quantitative estimate of drug-likeness (QED) is 0.410. The first kappa shape index (κ1) is 24.5. The van der Waals surface area contributed by atoms with Gasteiger partial charge in [0.05, 0.1) is 26.2 Å². The number of hydrogen-bond donors (Lipinski definition) is 1. The number of carbonyl (C=O) groups excluding carboxylic acids is 2. The predicted octanol–water partition coefficient (Wildman–Crippen LogP) is 3.01. The van der Waals surface area contributed by atoms with Gasteiger partial charge in [0.25, 0.3) is 0 Å². The molecule has 2 amide bonds. The zero-order chi connectivity index (χ0) is 25.1. The second-order valence-electron chi connectivity index (χ2n) is 9.85. The number of imide groups is 1. The minimum atomic E-state index is -0.937. The monoisotopic (exact) mass is 498 g/mol. The lowest BCUT2D eigenvalue weighted by molar-refractivity contribution is -0.127. The van der Waals surface area contributed by atoms with Gasteiger partial charge < -0.3 is 28.6 Å². The van der Waals surface area contributed by atoms with Crippen LogP contribution in [0.25, 0.3) is 0 Å². The topological polar surface area (TPSA) is 95.6 Å². The molecule has 0 radical (unpaired) electrons. The fourth-order valence-electron chi connectivity index (χ4n) is 5.91. The van der Waals surface area contributed by atoms with E-state index in [0.717, 1.165) is 62.6 Å². The summed E-state index contributed by atoms with van der Waals surface area (Å²) in [7, 11) is 3.06. The van der Waals surface area contributed by atoms with E-state index in [-0.39, 0.29) is 24.5 Å². The van der Waals surface area contributed by atoms with Gasteiger partial charge in [-0.3, -0.25) is 14.9 Å². The number of nitrogens with zero attached hydrogens (tertiary/aromatic N) is 1. The molecule has 0 spiro atoms. The van der Waals surface area contributed by atoms with Crippen molar-refractivity contribution in [3.8, 4) is 17.2 Å². The lowest BCUT2D eigenvalue weighted by Crippen LogP contribution is -2.40. The maximum Gasteiger partial charge on any atom is 0.238 e. The summed E-state index contributed by atoms with van der Waals surface area (Å²) in [5.41, 5.74) is -0.937. The smallest absolute Gasteiger partial charge is 0.238 e. The first-order valence-electron chi connectivity index (χ1n) is 12.7. The lowest BCUT2D eigenvalue weighted by atomic mass is 9.67. The number of ether oxygens (including phenoxy) is 5. The van der Waals surface area contributed by atoms with Gasteiger partial charge >= 0.3 is 0 Å². The molecule has 3 aliphatic heterocycles. The average molecular weight is 499 g/mol. The fraction of sp³-hybridized carbons (Fsp3) is 0.556. The molecule has 1 aliphatic carbocycles. The molecule has 9 heteroatoms. The zero-order valence-electron chi connectivity index (χ0n) is 20.9. The minimum absolute atomic E-state index is 0.244. The van der Waals surface area contributed by atoms with Crippen LogP contribution in [-0.4, -0.2) is 64.0 Å². The van der Waals surface area contributed by atoms with E-state index < -0.39 is 11.3 Å². The summed E-state index contributed by atoms with van der Waals surface area (Å²) < 4.78 is 27.7. The number of likely N-dealkylation sites (tertiary alicyclic amines) is 1. The largest absolute Gasteiger partial charge is 0.496 e. The maximum absolute atomic E-state index is 13.1. The second kappa shape index (κ2) is 10.4. The van der Waals surface area contributed by atoms with Crippen LogP contribution in [0.4, 0.5) is 0 Å². The van der Waals surface area contributed by atoms with Crippen LogP contribution in [0.2, 0.25) is 0 Å². The van der Waals surface area contributed by atoms with Gasteiger partial charge in [0.15, 0.2) is 23.0 Å². The third-order valence-corrected chi connectivity index (χ3v) is 7.62. The number of fused-ring (bicyclic) bond motifs is 2. The van der Waals surface area contributed by atoms with Crippen LogP contribution in [0, 0.1) is 17.3 Å². The molecule has 3 atom stereocenters. The van der Waals surface area contributed by atoms with E-state index in [1.165, 1.54) is 7.11 Å². The van der Waals surface area contributed by atoms with Gasteiger partial charge in [-0.25, -0.2) is 0 Å². The van der Waals surface area contributed by atoms with Crippen LogP contribution in [-0.2, 0) is 19.1 Å². The van der Waals surface area contributed by atoms with Crippen LogP contribution in [0.5, 0.6) is 17.2 Å². The highest BCUT2D eigenvalue weighted by molar-refractivity contribution is 6.10. The number of allylic oxidation sites excluding steroid dienone is 1. The van der Waals surface area contributed by atoms with Crippen LogP contribution < -0.4 is 19.5 Å². The molecule has 2 fully saturated rings. The van der Waals surface area contributed by atoms with E-state index in [4.69, 9.17) is 23.7 Å². The first-order chi connectivity index (χ1) is 17.5. The molecule has 9 nitrogen and oxygen atoms in total. The Balaban J connectivity index is 1.19. The van der Waals surface area contributed by atoms with Crippen molar-refractivity contribution in [1.29, 1.82) is 0 Å². The van der Waals surface area contributed by atoms with E-state index in [9.17, 15) is 9.59 Å². The Morgan fingerprint density at radius 3 is 2.83 bits per heavy atom. The zero-order valence-corrected chi connectivity index (χ0v) is 20.9. The van der Waals surface area contributed by atoms with Gasteiger partial charge in [-0.15, -0.1) is 0 Å². The molecule has 2 saturated heterocycles. The van der Waals surface area contributed by atoms with E-state index >= 15 is 0 Å². The molecule has 0 saturated carbocycles. The summed E-state index contributed by atoms with van der Waals surface area (Å²) in [5.74, 6) is 2.19. The van der Waals surface area contributed by atoms with Crippen LogP contribution in [0.15, 0.2) is 41.9 Å². The molecule has 3 unspecified atom stereocenters. The first-order valence-corrected chi connectivity index (χ1v) is 12.7. The molecule has 3 heterocycles. The highest BCUT2D eigenvalue weighted by atomic mass is 16.7. The summed E-state index contributed by atoms with van der Waals surface area (Å²) in [6, 6.07) is 5.63. The highest BCUT2D eigenvalue weighted by Gasteiger charge is 2.58. The summed E-state index contributed by atoms with van der Waals surface area (Å²) in [4.78, 5) is 28.4. The van der Waals surface area contributed by atoms with Crippen molar-refractivity contribution in [3.63, 3.8) is 0 Å². The summed E-state index contributed by atoms with van der Waals surface area (Å²) in [5, 5.41) is 2.55. The van der Waals surface area contributed by atoms with Gasteiger partial charge in [-0.1, -0.05) is 12.5 Å². The van der Waals surface area contributed by atoms with Gasteiger partial charge in [0, 0.05) is 19.2 Å². The van der Waals surface area contributed by atoms with E-state index in [0.29, 0.717) is 24.5 Å². The third kappa shape index (κ3) is 4.64. The van der Waals surface area contributed by atoms with Gasteiger partial charge in [-0.05, 0) is 56.4 Å². The Morgan fingerprint density at radius 1 is 1.14 bits per heavy atom. The van der Waals surface area contributed by atoms with Crippen LogP contribution >= 0.6 is 0 Å². The molecule has 36 heavy (non-hydrogen) atoms. The molecule has 194 valence electrons. The molecule has 1 aromatic carbocycles. The molecule has 0 aromatic heterocycles. The number of carbonyl (C=O) groups is 2. The lowest BCUT2D eigenvalue weighted by Gasteiger charge is -2.36. The molecular formula is C27H34N2O7. The van der Waals surface area contributed by atoms with Gasteiger partial charge in [-0.2, -0.15) is 0 Å². The molecule has 5 rings (SSSR count). The van der Waals surface area contributed by atoms with Crippen LogP contribution in [0.3, 0.4) is 0 Å². The van der Waals surface area contributed by atoms with Crippen molar-refractivity contribution in [1.82, 2.24) is 10.2 Å². The Bertz CT molecular complexity index is 1070. The number of methoxy groups -OCH3 is 2. The number of benzene rings is 1. The second-order valence-corrected chi connectivity index (χ2v) is 9.85. The van der Waals surface area contributed by atoms with Crippen LogP contribution in [0.1, 0.15) is 32.1 Å². The average Bonchev–Trinajstić information content (AvgIpc) is 3.36. The highest BCUT2D eigenvalue weighted by Crippen LogP contribution is 2.49.